The minimum atomic E-state index is -0.271. The van der Waals surface area contributed by atoms with Crippen molar-refractivity contribution in [2.45, 2.75) is 20.4 Å². The Morgan fingerprint density at radius 2 is 2.00 bits per heavy atom. The van der Waals surface area contributed by atoms with Gasteiger partial charge in [0.15, 0.2) is 11.5 Å². The van der Waals surface area contributed by atoms with Gasteiger partial charge in [-0.25, -0.2) is 0 Å². The number of nitrogens with zero attached hydrogens (tertiary/aromatic N) is 1. The quantitative estimate of drug-likeness (QED) is 0.676. The molecule has 0 bridgehead atoms. The van der Waals surface area contributed by atoms with Crippen molar-refractivity contribution >= 4 is 11.6 Å². The molecule has 0 aliphatic heterocycles. The van der Waals surface area contributed by atoms with Crippen molar-refractivity contribution in [1.29, 1.82) is 0 Å². The fraction of sp³-hybridized carbons (Fsp3) is 0.421. The Kier molecular flexibility index (Phi) is 7.50. The summed E-state index contributed by atoms with van der Waals surface area (Å²) in [5.74, 6) is 1.50. The first kappa shape index (κ1) is 19.8. The molecule has 0 fully saturated rings. The van der Waals surface area contributed by atoms with E-state index in [4.69, 9.17) is 19.6 Å². The highest BCUT2D eigenvalue weighted by Crippen LogP contribution is 2.30. The van der Waals surface area contributed by atoms with Gasteiger partial charge in [-0.2, -0.15) is 0 Å². The number of benzene rings is 1. The van der Waals surface area contributed by atoms with Crippen LogP contribution in [0.1, 0.15) is 30.0 Å². The van der Waals surface area contributed by atoms with Crippen molar-refractivity contribution < 1.29 is 18.7 Å². The van der Waals surface area contributed by atoms with Gasteiger partial charge in [0.1, 0.15) is 18.6 Å². The lowest BCUT2D eigenvalue weighted by molar-refractivity contribution is 0.102. The van der Waals surface area contributed by atoms with Gasteiger partial charge in [-0.3, -0.25) is 4.79 Å². The summed E-state index contributed by atoms with van der Waals surface area (Å²) in [6.45, 7) is 7.80. The van der Waals surface area contributed by atoms with Crippen LogP contribution in [0.3, 0.4) is 0 Å². The largest absolute Gasteiger partial charge is 0.493 e. The number of anilines is 1. The average molecular weight is 361 g/mol. The van der Waals surface area contributed by atoms with Gasteiger partial charge in [-0.05, 0) is 31.3 Å². The van der Waals surface area contributed by atoms with Crippen LogP contribution in [-0.4, -0.2) is 44.2 Å². The van der Waals surface area contributed by atoms with Gasteiger partial charge >= 0.3 is 0 Å². The number of nitrogens with one attached hydrogen (secondary N) is 1. The maximum absolute atomic E-state index is 12.3. The van der Waals surface area contributed by atoms with Crippen LogP contribution in [0.15, 0.2) is 34.9 Å². The molecule has 0 aliphatic rings. The molecule has 1 aromatic heterocycles. The third-order valence-electron chi connectivity index (χ3n) is 4.10. The Labute approximate surface area is 154 Å². The summed E-state index contributed by atoms with van der Waals surface area (Å²) in [5.41, 5.74) is 6.53. The predicted molar refractivity (Wildman–Crippen MR) is 101 cm³/mol. The fourth-order valence-electron chi connectivity index (χ4n) is 2.50. The lowest BCUT2D eigenvalue weighted by atomic mass is 10.2. The van der Waals surface area contributed by atoms with Crippen molar-refractivity contribution in [1.82, 2.24) is 4.90 Å². The topological polar surface area (TPSA) is 90.0 Å². The number of ether oxygens (including phenoxy) is 2. The minimum Gasteiger partial charge on any atom is -0.493 e. The molecule has 1 aromatic carbocycles. The number of hydrogen-bond donors (Lipinski definition) is 2. The molecule has 3 N–H and O–H groups in total. The number of carbonyl (C=O) groups is 1. The van der Waals surface area contributed by atoms with Gasteiger partial charge in [-0.1, -0.05) is 13.8 Å². The molecular formula is C19H27N3O4. The zero-order valence-corrected chi connectivity index (χ0v) is 15.6. The van der Waals surface area contributed by atoms with Crippen LogP contribution in [0.25, 0.3) is 0 Å². The van der Waals surface area contributed by atoms with Gasteiger partial charge in [0, 0.05) is 18.3 Å². The Balaban J connectivity index is 2.04. The fourth-order valence-corrected chi connectivity index (χ4v) is 2.50. The predicted octanol–water partition coefficient (Wildman–Crippen LogP) is 2.72. The van der Waals surface area contributed by atoms with Gasteiger partial charge < -0.3 is 29.8 Å². The molecule has 7 heteroatoms. The van der Waals surface area contributed by atoms with E-state index in [1.165, 1.54) is 6.26 Å². The molecule has 2 rings (SSSR count). The lowest BCUT2D eigenvalue weighted by Gasteiger charge is -2.19. The normalized spacial score (nSPS) is 10.8. The first-order valence-corrected chi connectivity index (χ1v) is 8.73. The molecule has 0 spiro atoms. The molecule has 26 heavy (non-hydrogen) atoms. The van der Waals surface area contributed by atoms with Gasteiger partial charge in [0.05, 0.1) is 19.2 Å². The molecule has 0 atom stereocenters. The van der Waals surface area contributed by atoms with E-state index in [1.807, 2.05) is 0 Å². The molecule has 0 aliphatic carbocycles. The Morgan fingerprint density at radius 3 is 2.62 bits per heavy atom. The van der Waals surface area contributed by atoms with Crippen LogP contribution in [0.2, 0.25) is 0 Å². The van der Waals surface area contributed by atoms with Gasteiger partial charge in [0.2, 0.25) is 0 Å². The average Bonchev–Trinajstić information content (AvgIpc) is 3.15. The molecular weight excluding hydrogens is 334 g/mol. The Morgan fingerprint density at radius 1 is 1.23 bits per heavy atom. The maximum Gasteiger partial charge on any atom is 0.258 e. The van der Waals surface area contributed by atoms with Crippen LogP contribution in [-0.2, 0) is 6.54 Å². The first-order valence-electron chi connectivity index (χ1n) is 8.73. The Hall–Kier alpha value is -2.51. The van der Waals surface area contributed by atoms with Crippen LogP contribution < -0.4 is 20.5 Å². The highest BCUT2D eigenvalue weighted by Gasteiger charge is 2.12. The van der Waals surface area contributed by atoms with E-state index >= 15 is 0 Å². The molecule has 1 heterocycles. The maximum atomic E-state index is 12.3. The van der Waals surface area contributed by atoms with E-state index in [9.17, 15) is 4.79 Å². The van der Waals surface area contributed by atoms with E-state index < -0.39 is 0 Å². The number of amides is 1. The van der Waals surface area contributed by atoms with Gasteiger partial charge in [0.25, 0.3) is 5.91 Å². The minimum absolute atomic E-state index is 0.250. The van der Waals surface area contributed by atoms with Crippen molar-refractivity contribution in [2.24, 2.45) is 5.73 Å². The number of nitrogens with two attached hydrogens (primary N) is 1. The lowest BCUT2D eigenvalue weighted by Crippen LogP contribution is -2.28. The number of likely N-dealkylation sites (N-methyl/N-ethyl adjacent to an activating group) is 1. The summed E-state index contributed by atoms with van der Waals surface area (Å²) in [7, 11) is 1.59. The van der Waals surface area contributed by atoms with Crippen LogP contribution in [0.4, 0.5) is 5.69 Å². The molecule has 0 radical (unpaired) electrons. The summed E-state index contributed by atoms with van der Waals surface area (Å²) in [6.07, 6.45) is 1.39. The number of methoxy groups -OCH3 is 1. The van der Waals surface area contributed by atoms with E-state index in [1.54, 1.807) is 31.4 Å². The van der Waals surface area contributed by atoms with E-state index in [0.29, 0.717) is 35.1 Å². The Bertz CT molecular complexity index is 711. The molecule has 0 unspecified atom stereocenters. The van der Waals surface area contributed by atoms with Crippen LogP contribution >= 0.6 is 0 Å². The molecule has 0 saturated carbocycles. The highest BCUT2D eigenvalue weighted by atomic mass is 16.5. The summed E-state index contributed by atoms with van der Waals surface area (Å²) in [5, 5.41) is 2.82. The molecule has 1 amide bonds. The van der Waals surface area contributed by atoms with Crippen LogP contribution in [0, 0.1) is 0 Å². The van der Waals surface area contributed by atoms with Crippen molar-refractivity contribution in [3.63, 3.8) is 0 Å². The van der Waals surface area contributed by atoms with Crippen molar-refractivity contribution in [2.75, 3.05) is 38.7 Å². The second-order valence-electron chi connectivity index (χ2n) is 5.70. The first-order chi connectivity index (χ1) is 12.6. The third-order valence-corrected chi connectivity index (χ3v) is 4.10. The molecule has 7 nitrogen and oxygen atoms in total. The SMILES string of the molecule is CCN(CC)CCOc1cc(NC(=O)c2coc(CN)c2)ccc1OC. The standard InChI is InChI=1S/C19H27N3O4/c1-4-22(5-2)8-9-25-18-11-15(6-7-17(18)24-3)21-19(23)14-10-16(12-20)26-13-14/h6-7,10-11,13H,4-5,8-9,12,20H2,1-3H3,(H,21,23). The number of hydrogen-bond acceptors (Lipinski definition) is 6. The summed E-state index contributed by atoms with van der Waals surface area (Å²) >= 11 is 0. The monoisotopic (exact) mass is 361 g/mol. The van der Waals surface area contributed by atoms with E-state index in [2.05, 4.69) is 24.1 Å². The van der Waals surface area contributed by atoms with Gasteiger partial charge in [-0.15, -0.1) is 0 Å². The molecule has 0 saturated heterocycles. The van der Waals surface area contributed by atoms with E-state index in [-0.39, 0.29) is 12.5 Å². The summed E-state index contributed by atoms with van der Waals surface area (Å²) in [6, 6.07) is 6.91. The van der Waals surface area contributed by atoms with Crippen molar-refractivity contribution in [3.8, 4) is 11.5 Å². The summed E-state index contributed by atoms with van der Waals surface area (Å²) < 4.78 is 16.4. The van der Waals surface area contributed by atoms with Crippen molar-refractivity contribution in [3.05, 3.63) is 41.9 Å². The van der Waals surface area contributed by atoms with Crippen LogP contribution in [0.5, 0.6) is 11.5 Å². The molecule has 142 valence electrons. The summed E-state index contributed by atoms with van der Waals surface area (Å²) in [4.78, 5) is 14.6. The molecule has 2 aromatic rings. The third kappa shape index (κ3) is 5.24. The number of rotatable bonds is 10. The zero-order valence-electron chi connectivity index (χ0n) is 15.6. The smallest absolute Gasteiger partial charge is 0.258 e. The number of furan rings is 1. The second-order valence-corrected chi connectivity index (χ2v) is 5.70. The second kappa shape index (κ2) is 9.84. The highest BCUT2D eigenvalue weighted by molar-refractivity contribution is 6.04. The number of carbonyl (C=O) groups excluding carboxylic acids is 1. The van der Waals surface area contributed by atoms with E-state index in [0.717, 1.165) is 19.6 Å². The zero-order chi connectivity index (χ0) is 18.9.